The molecule has 2 fully saturated rings. The number of carbonyl (C=O) groups is 4. The molecule has 0 radical (unpaired) electrons. The quantitative estimate of drug-likeness (QED) is 0.102. The van der Waals surface area contributed by atoms with Gasteiger partial charge in [-0.15, -0.1) is 11.8 Å². The molecule has 2 saturated heterocycles. The van der Waals surface area contributed by atoms with Crippen LogP contribution in [0.4, 0.5) is 5.69 Å². The van der Waals surface area contributed by atoms with Gasteiger partial charge in [-0.25, -0.2) is 4.99 Å². The van der Waals surface area contributed by atoms with Gasteiger partial charge in [0.2, 0.25) is 11.8 Å². The minimum atomic E-state index is -0.545. The van der Waals surface area contributed by atoms with Gasteiger partial charge in [0.1, 0.15) is 15.5 Å². The molecule has 0 saturated carbocycles. The van der Waals surface area contributed by atoms with Gasteiger partial charge in [-0.05, 0) is 48.2 Å². The monoisotopic (exact) mass is 589 g/mol. The Morgan fingerprint density at radius 1 is 1.12 bits per heavy atom. The molecule has 212 valence electrons. The van der Waals surface area contributed by atoms with Crippen LogP contribution in [-0.2, 0) is 19.1 Å². The Hall–Kier alpha value is -3.63. The number of thioether (sulfide) groups is 2. The first-order valence-electron chi connectivity index (χ1n) is 13.6. The molecule has 2 amide bonds. The lowest BCUT2D eigenvalue weighted by Crippen LogP contribution is -2.45. The maximum atomic E-state index is 14.1. The molecule has 1 spiro atoms. The van der Waals surface area contributed by atoms with E-state index in [4.69, 9.17) is 4.74 Å². The molecular weight excluding hydrogens is 558 g/mol. The second kappa shape index (κ2) is 12.9. The van der Waals surface area contributed by atoms with Gasteiger partial charge >= 0.3 is 5.97 Å². The molecule has 2 unspecified atom stereocenters. The van der Waals surface area contributed by atoms with Crippen LogP contribution in [0.25, 0.3) is 10.8 Å². The van der Waals surface area contributed by atoms with Gasteiger partial charge in [-0.3, -0.25) is 19.2 Å². The summed E-state index contributed by atoms with van der Waals surface area (Å²) >= 11 is 2.87. The van der Waals surface area contributed by atoms with E-state index >= 15 is 0 Å². The average molecular weight is 590 g/mol. The molecule has 0 bridgehead atoms. The molecule has 3 aromatic rings. The van der Waals surface area contributed by atoms with E-state index in [1.54, 1.807) is 24.2 Å². The number of fused-ring (bicyclic) bond motifs is 1. The summed E-state index contributed by atoms with van der Waals surface area (Å²) in [5.41, 5.74) is 3.53. The molecule has 2 heterocycles. The minimum absolute atomic E-state index is 0.0296. The third-order valence-corrected chi connectivity index (χ3v) is 9.74. The van der Waals surface area contributed by atoms with Crippen molar-refractivity contribution in [3.63, 3.8) is 0 Å². The summed E-state index contributed by atoms with van der Waals surface area (Å²) in [5, 5.41) is 4.17. The summed E-state index contributed by atoms with van der Waals surface area (Å²) in [6, 6.07) is 21.0. The molecule has 41 heavy (non-hydrogen) atoms. The summed E-state index contributed by atoms with van der Waals surface area (Å²) in [5.74, 6) is -0.670. The molecule has 1 N–H and O–H groups in total. The fraction of sp³-hybridized carbons (Fsp3) is 0.323. The molecule has 3 atom stereocenters. The fourth-order valence-electron chi connectivity index (χ4n) is 5.13. The van der Waals surface area contributed by atoms with Crippen LogP contribution in [0.5, 0.6) is 0 Å². The number of nitrogens with zero attached hydrogens (tertiary/aromatic N) is 2. The second-order valence-corrected chi connectivity index (χ2v) is 12.2. The molecular formula is C31H31N3O5S2. The lowest BCUT2D eigenvalue weighted by Gasteiger charge is -2.28. The Balaban J connectivity index is 1.31. The number of nitrogens with one attached hydrogen (secondary N) is 1. The molecule has 10 heteroatoms. The lowest BCUT2D eigenvalue weighted by atomic mass is 10.1. The summed E-state index contributed by atoms with van der Waals surface area (Å²) in [4.78, 5) is 56.0. The van der Waals surface area contributed by atoms with Crippen molar-refractivity contribution in [1.82, 2.24) is 10.2 Å². The van der Waals surface area contributed by atoms with E-state index in [-0.39, 0.29) is 36.6 Å². The maximum absolute atomic E-state index is 14.1. The number of likely N-dealkylation sites (tertiary alicyclic amines) is 1. The first-order chi connectivity index (χ1) is 19.9. The van der Waals surface area contributed by atoms with Crippen LogP contribution in [0.3, 0.4) is 0 Å². The Labute approximate surface area is 247 Å². The number of ether oxygens (including phenoxy) is 1. The number of aliphatic imine (C=N–C) groups is 1. The SMILES string of the molecule is CCOC(=O)CCC(=O)NC1S[C@]12CCCN2C(=O)C(SC=Nc1cc2ccccc2cc1C=O)c1ccccc1. The van der Waals surface area contributed by atoms with E-state index in [0.717, 1.165) is 35.5 Å². The third-order valence-electron chi connectivity index (χ3n) is 7.20. The minimum Gasteiger partial charge on any atom is -0.466 e. The molecule has 0 aliphatic carbocycles. The number of hydrogen-bond acceptors (Lipinski definition) is 8. The van der Waals surface area contributed by atoms with Gasteiger partial charge in [-0.2, -0.15) is 0 Å². The van der Waals surface area contributed by atoms with Gasteiger partial charge in [-0.1, -0.05) is 66.4 Å². The first-order valence-corrected chi connectivity index (χ1v) is 15.4. The van der Waals surface area contributed by atoms with Gasteiger partial charge < -0.3 is 15.0 Å². The van der Waals surface area contributed by atoms with E-state index in [0.29, 0.717) is 17.8 Å². The highest BCUT2D eigenvalue weighted by molar-refractivity contribution is 8.12. The highest BCUT2D eigenvalue weighted by atomic mass is 32.2. The fourth-order valence-corrected chi connectivity index (χ4v) is 7.39. The lowest BCUT2D eigenvalue weighted by molar-refractivity contribution is -0.144. The van der Waals surface area contributed by atoms with Crippen LogP contribution in [0, 0.1) is 0 Å². The van der Waals surface area contributed by atoms with Crippen LogP contribution in [-0.4, -0.2) is 57.9 Å². The smallest absolute Gasteiger partial charge is 0.306 e. The summed E-state index contributed by atoms with van der Waals surface area (Å²) in [6.07, 6.45) is 2.50. The van der Waals surface area contributed by atoms with Gasteiger partial charge in [0.25, 0.3) is 0 Å². The topological polar surface area (TPSA) is 105 Å². The number of carbonyl (C=O) groups excluding carboxylic acids is 4. The second-order valence-electron chi connectivity index (χ2n) is 9.85. The zero-order chi connectivity index (χ0) is 28.8. The highest BCUT2D eigenvalue weighted by Crippen LogP contribution is 2.60. The first kappa shape index (κ1) is 28.9. The van der Waals surface area contributed by atoms with E-state index in [1.807, 2.05) is 71.6 Å². The average Bonchev–Trinajstić information content (AvgIpc) is 3.49. The number of esters is 1. The van der Waals surface area contributed by atoms with Crippen molar-refractivity contribution in [3.05, 3.63) is 77.9 Å². The summed E-state index contributed by atoms with van der Waals surface area (Å²) in [6.45, 7) is 2.61. The number of benzene rings is 3. The Bertz CT molecular complexity index is 1480. The predicted octanol–water partition coefficient (Wildman–Crippen LogP) is 5.64. The Morgan fingerprint density at radius 2 is 1.85 bits per heavy atom. The van der Waals surface area contributed by atoms with Crippen molar-refractivity contribution in [2.24, 2.45) is 4.99 Å². The van der Waals surface area contributed by atoms with E-state index in [2.05, 4.69) is 10.3 Å². The van der Waals surface area contributed by atoms with Crippen LogP contribution < -0.4 is 5.32 Å². The van der Waals surface area contributed by atoms with E-state index in [1.165, 1.54) is 11.8 Å². The maximum Gasteiger partial charge on any atom is 0.306 e. The zero-order valence-electron chi connectivity index (χ0n) is 22.7. The summed E-state index contributed by atoms with van der Waals surface area (Å²) < 4.78 is 4.91. The summed E-state index contributed by atoms with van der Waals surface area (Å²) in [7, 11) is 0. The largest absolute Gasteiger partial charge is 0.466 e. The predicted molar refractivity (Wildman–Crippen MR) is 163 cm³/mol. The number of hydrogen-bond donors (Lipinski definition) is 1. The van der Waals surface area contributed by atoms with Crippen LogP contribution >= 0.6 is 23.5 Å². The number of rotatable bonds is 11. The van der Waals surface area contributed by atoms with Crippen molar-refractivity contribution < 1.29 is 23.9 Å². The molecule has 3 aromatic carbocycles. The van der Waals surface area contributed by atoms with Crippen molar-refractivity contribution >= 4 is 69.6 Å². The van der Waals surface area contributed by atoms with E-state index < -0.39 is 16.1 Å². The zero-order valence-corrected chi connectivity index (χ0v) is 24.3. The van der Waals surface area contributed by atoms with Crippen LogP contribution in [0.15, 0.2) is 71.7 Å². The standard InChI is InChI=1S/C31H31N3O5S2/c1-2-39-27(37)14-13-26(36)33-30-31(41-30)15-8-16-34(31)29(38)28(21-9-4-3-5-10-21)40-20-32-25-18-23-12-7-6-11-22(23)17-24(25)19-35/h3-7,9-12,17-20,28,30H,2,8,13-16H2,1H3,(H,33,36)/t28?,30?,31-/m1/s1. The number of amides is 2. The Kier molecular flexibility index (Phi) is 9.09. The third kappa shape index (κ3) is 6.49. The molecule has 2 aliphatic rings. The Morgan fingerprint density at radius 3 is 2.59 bits per heavy atom. The molecule has 0 aromatic heterocycles. The van der Waals surface area contributed by atoms with Gasteiger partial charge in [0.05, 0.1) is 24.3 Å². The normalized spacial score (nSPS) is 20.3. The molecule has 2 aliphatic heterocycles. The van der Waals surface area contributed by atoms with Crippen molar-refractivity contribution in [2.75, 3.05) is 13.2 Å². The number of aldehydes is 1. The van der Waals surface area contributed by atoms with Crippen LogP contribution in [0.1, 0.15) is 53.8 Å². The van der Waals surface area contributed by atoms with Crippen molar-refractivity contribution in [3.8, 4) is 0 Å². The highest BCUT2D eigenvalue weighted by Gasteiger charge is 2.64. The van der Waals surface area contributed by atoms with E-state index in [9.17, 15) is 19.2 Å². The molecule has 5 rings (SSSR count). The van der Waals surface area contributed by atoms with Crippen LogP contribution in [0.2, 0.25) is 0 Å². The van der Waals surface area contributed by atoms with Crippen molar-refractivity contribution in [2.45, 2.75) is 48.1 Å². The van der Waals surface area contributed by atoms with Gasteiger partial charge in [0, 0.05) is 18.5 Å². The van der Waals surface area contributed by atoms with Crippen molar-refractivity contribution in [1.29, 1.82) is 0 Å². The van der Waals surface area contributed by atoms with Gasteiger partial charge in [0.15, 0.2) is 6.29 Å². The molecule has 8 nitrogen and oxygen atoms in total.